The fourth-order valence-electron chi connectivity index (χ4n) is 2.19. The highest BCUT2D eigenvalue weighted by atomic mass is 35.5. The molecule has 0 atom stereocenters. The summed E-state index contributed by atoms with van der Waals surface area (Å²) in [5.74, 6) is -0.230. The number of halogens is 1. The number of carbonyl (C=O) groups excluding carboxylic acids is 1. The van der Waals surface area contributed by atoms with Crippen LogP contribution in [0.3, 0.4) is 0 Å². The molecule has 4 nitrogen and oxygen atoms in total. The lowest BCUT2D eigenvalue weighted by atomic mass is 10.2. The zero-order chi connectivity index (χ0) is 14.8. The molecular formula is C16H14ClN3O. The number of carbonyl (C=O) groups is 1. The van der Waals surface area contributed by atoms with Crippen molar-refractivity contribution in [3.8, 4) is 0 Å². The van der Waals surface area contributed by atoms with Crippen LogP contribution in [0.1, 0.15) is 16.1 Å². The molecule has 5 heteroatoms. The van der Waals surface area contributed by atoms with Gasteiger partial charge in [0.25, 0.3) is 5.91 Å². The van der Waals surface area contributed by atoms with Gasteiger partial charge in [0.05, 0.1) is 10.5 Å². The molecule has 106 valence electrons. The van der Waals surface area contributed by atoms with Gasteiger partial charge in [0.1, 0.15) is 5.69 Å². The standard InChI is InChI=1S/C16H14ClN3O/c1-20-7-6-11(10-20)9-18-16(21)15-8-13(17)12-4-2-3-5-14(12)19-15/h2-8,10H,9H2,1H3,(H,18,21). The predicted molar refractivity (Wildman–Crippen MR) is 83.3 cm³/mol. The van der Waals surface area contributed by atoms with Crippen molar-refractivity contribution in [3.05, 3.63) is 65.1 Å². The molecular weight excluding hydrogens is 286 g/mol. The van der Waals surface area contributed by atoms with E-state index in [4.69, 9.17) is 11.6 Å². The largest absolute Gasteiger partial charge is 0.357 e. The molecule has 0 saturated heterocycles. The van der Waals surface area contributed by atoms with Crippen LogP contribution in [-0.4, -0.2) is 15.5 Å². The van der Waals surface area contributed by atoms with Crippen molar-refractivity contribution >= 4 is 28.4 Å². The second-order valence-electron chi connectivity index (χ2n) is 4.87. The number of rotatable bonds is 3. The summed E-state index contributed by atoms with van der Waals surface area (Å²) in [6, 6.07) is 11.1. The number of hydrogen-bond donors (Lipinski definition) is 1. The molecule has 0 unspecified atom stereocenters. The quantitative estimate of drug-likeness (QED) is 0.807. The van der Waals surface area contributed by atoms with Gasteiger partial charge in [-0.15, -0.1) is 0 Å². The second-order valence-corrected chi connectivity index (χ2v) is 5.28. The van der Waals surface area contributed by atoms with Crippen molar-refractivity contribution in [1.82, 2.24) is 14.9 Å². The molecule has 0 fully saturated rings. The Kier molecular flexibility index (Phi) is 3.62. The van der Waals surface area contributed by atoms with Crippen LogP contribution in [0, 0.1) is 0 Å². The summed E-state index contributed by atoms with van der Waals surface area (Å²) in [4.78, 5) is 16.5. The van der Waals surface area contributed by atoms with Crippen LogP contribution >= 0.6 is 11.6 Å². The molecule has 0 spiro atoms. The van der Waals surface area contributed by atoms with Gasteiger partial charge in [-0.1, -0.05) is 29.8 Å². The van der Waals surface area contributed by atoms with Crippen molar-refractivity contribution < 1.29 is 4.79 Å². The number of aryl methyl sites for hydroxylation is 1. The highest BCUT2D eigenvalue weighted by Gasteiger charge is 2.11. The van der Waals surface area contributed by atoms with E-state index in [1.54, 1.807) is 6.07 Å². The van der Waals surface area contributed by atoms with Crippen molar-refractivity contribution in [3.63, 3.8) is 0 Å². The smallest absolute Gasteiger partial charge is 0.270 e. The third-order valence-electron chi connectivity index (χ3n) is 3.24. The number of benzene rings is 1. The van der Waals surface area contributed by atoms with E-state index in [1.807, 2.05) is 54.3 Å². The van der Waals surface area contributed by atoms with Gasteiger partial charge in [0, 0.05) is 31.4 Å². The monoisotopic (exact) mass is 299 g/mol. The Balaban J connectivity index is 1.81. The van der Waals surface area contributed by atoms with Gasteiger partial charge in [-0.2, -0.15) is 0 Å². The van der Waals surface area contributed by atoms with Crippen molar-refractivity contribution in [2.24, 2.45) is 7.05 Å². The first-order chi connectivity index (χ1) is 10.1. The highest BCUT2D eigenvalue weighted by molar-refractivity contribution is 6.35. The average molecular weight is 300 g/mol. The first-order valence-corrected chi connectivity index (χ1v) is 6.95. The molecule has 1 amide bonds. The molecule has 0 aliphatic heterocycles. The minimum absolute atomic E-state index is 0.230. The lowest BCUT2D eigenvalue weighted by Crippen LogP contribution is -2.23. The maximum atomic E-state index is 12.2. The van der Waals surface area contributed by atoms with Crippen LogP contribution in [0.15, 0.2) is 48.8 Å². The molecule has 3 aromatic rings. The van der Waals surface area contributed by atoms with Crippen molar-refractivity contribution in [1.29, 1.82) is 0 Å². The maximum absolute atomic E-state index is 12.2. The number of hydrogen-bond acceptors (Lipinski definition) is 2. The lowest BCUT2D eigenvalue weighted by molar-refractivity contribution is 0.0946. The van der Waals surface area contributed by atoms with E-state index >= 15 is 0 Å². The zero-order valence-electron chi connectivity index (χ0n) is 11.5. The number of nitrogens with zero attached hydrogens (tertiary/aromatic N) is 2. The van der Waals surface area contributed by atoms with Gasteiger partial charge >= 0.3 is 0 Å². The Hall–Kier alpha value is -2.33. The molecule has 0 saturated carbocycles. The summed E-state index contributed by atoms with van der Waals surface area (Å²) in [5, 5.41) is 4.23. The first-order valence-electron chi connectivity index (χ1n) is 6.58. The Bertz CT molecular complexity index is 810. The minimum Gasteiger partial charge on any atom is -0.357 e. The molecule has 2 aromatic heterocycles. The fourth-order valence-corrected chi connectivity index (χ4v) is 2.45. The Labute approximate surface area is 127 Å². The Morgan fingerprint density at radius 2 is 2.14 bits per heavy atom. The SMILES string of the molecule is Cn1ccc(CNC(=O)c2cc(Cl)c3ccccc3n2)c1. The Morgan fingerprint density at radius 3 is 2.90 bits per heavy atom. The molecule has 0 aliphatic carbocycles. The highest BCUT2D eigenvalue weighted by Crippen LogP contribution is 2.22. The van der Waals surface area contributed by atoms with Gasteiger partial charge in [-0.25, -0.2) is 4.98 Å². The number of nitrogens with one attached hydrogen (secondary N) is 1. The summed E-state index contributed by atoms with van der Waals surface area (Å²) in [6.07, 6.45) is 3.90. The van der Waals surface area contributed by atoms with Crippen LogP contribution < -0.4 is 5.32 Å². The summed E-state index contributed by atoms with van der Waals surface area (Å²) in [5.41, 5.74) is 2.09. The molecule has 1 N–H and O–H groups in total. The molecule has 1 aromatic carbocycles. The summed E-state index contributed by atoms with van der Waals surface area (Å²) >= 11 is 6.20. The minimum atomic E-state index is -0.230. The fraction of sp³-hybridized carbons (Fsp3) is 0.125. The van der Waals surface area contributed by atoms with E-state index in [2.05, 4.69) is 10.3 Å². The van der Waals surface area contributed by atoms with Crippen molar-refractivity contribution in [2.75, 3.05) is 0 Å². The number of fused-ring (bicyclic) bond motifs is 1. The lowest BCUT2D eigenvalue weighted by Gasteiger charge is -2.06. The normalized spacial score (nSPS) is 10.8. The third kappa shape index (κ3) is 2.90. The van der Waals surface area contributed by atoms with Crippen LogP contribution in [0.2, 0.25) is 5.02 Å². The van der Waals surface area contributed by atoms with Gasteiger partial charge in [0.2, 0.25) is 0 Å². The summed E-state index contributed by atoms with van der Waals surface area (Å²) in [7, 11) is 1.94. The molecule has 3 rings (SSSR count). The molecule has 0 bridgehead atoms. The van der Waals surface area contributed by atoms with Gasteiger partial charge in [0.15, 0.2) is 0 Å². The van der Waals surface area contributed by atoms with E-state index in [0.717, 1.165) is 16.5 Å². The number of aromatic nitrogens is 2. The number of pyridine rings is 1. The number of amides is 1. The van der Waals surface area contributed by atoms with E-state index < -0.39 is 0 Å². The second kappa shape index (κ2) is 5.58. The van der Waals surface area contributed by atoms with Crippen LogP contribution in [0.5, 0.6) is 0 Å². The van der Waals surface area contributed by atoms with Crippen LogP contribution in [-0.2, 0) is 13.6 Å². The van der Waals surface area contributed by atoms with Crippen molar-refractivity contribution in [2.45, 2.75) is 6.54 Å². The van der Waals surface area contributed by atoms with Gasteiger partial charge < -0.3 is 9.88 Å². The first kappa shape index (κ1) is 13.6. The topological polar surface area (TPSA) is 46.9 Å². The number of para-hydroxylation sites is 1. The van der Waals surface area contributed by atoms with Gasteiger partial charge in [-0.3, -0.25) is 4.79 Å². The average Bonchev–Trinajstić information content (AvgIpc) is 2.90. The summed E-state index contributed by atoms with van der Waals surface area (Å²) < 4.78 is 1.94. The van der Waals surface area contributed by atoms with E-state index in [0.29, 0.717) is 17.3 Å². The van der Waals surface area contributed by atoms with E-state index in [-0.39, 0.29) is 5.91 Å². The van der Waals surface area contributed by atoms with E-state index in [1.165, 1.54) is 0 Å². The van der Waals surface area contributed by atoms with Crippen LogP contribution in [0.25, 0.3) is 10.9 Å². The zero-order valence-corrected chi connectivity index (χ0v) is 12.3. The third-order valence-corrected chi connectivity index (χ3v) is 3.56. The predicted octanol–water partition coefficient (Wildman–Crippen LogP) is 3.16. The molecule has 0 aliphatic rings. The molecule has 21 heavy (non-hydrogen) atoms. The Morgan fingerprint density at radius 1 is 1.33 bits per heavy atom. The maximum Gasteiger partial charge on any atom is 0.270 e. The van der Waals surface area contributed by atoms with Crippen LogP contribution in [0.4, 0.5) is 0 Å². The summed E-state index contributed by atoms with van der Waals surface area (Å²) in [6.45, 7) is 0.464. The molecule has 0 radical (unpaired) electrons. The van der Waals surface area contributed by atoms with E-state index in [9.17, 15) is 4.79 Å². The van der Waals surface area contributed by atoms with Gasteiger partial charge in [-0.05, 0) is 23.8 Å². The molecule has 2 heterocycles.